The minimum Gasteiger partial charge on any atom is -0.310 e. The van der Waals surface area contributed by atoms with Crippen LogP contribution in [0.3, 0.4) is 0 Å². The Morgan fingerprint density at radius 1 is 0.913 bits per heavy atom. The molecule has 1 nitrogen and oxygen atoms in total. The molecule has 4 aliphatic rings. The number of rotatable bonds is 5. The maximum absolute atomic E-state index is 3.90. The predicted octanol–water partition coefficient (Wildman–Crippen LogP) is 5.50. The lowest BCUT2D eigenvalue weighted by atomic mass is 9.48. The Balaban J connectivity index is 1.39. The van der Waals surface area contributed by atoms with E-state index in [1.54, 1.807) is 19.3 Å². The fraction of sp³-hybridized carbons (Fsp3) is 0.727. The predicted molar refractivity (Wildman–Crippen MR) is 97.4 cm³/mol. The lowest BCUT2D eigenvalue weighted by Crippen LogP contribution is -2.54. The molecule has 0 aromatic heterocycles. The zero-order valence-electron chi connectivity index (χ0n) is 15.1. The van der Waals surface area contributed by atoms with Crippen LogP contribution in [-0.2, 0) is 6.54 Å². The minimum atomic E-state index is 0.618. The van der Waals surface area contributed by atoms with Gasteiger partial charge in [0.05, 0.1) is 0 Å². The van der Waals surface area contributed by atoms with Crippen molar-refractivity contribution in [1.29, 1.82) is 0 Å². The molecule has 1 N–H and O–H groups in total. The monoisotopic (exact) mass is 311 g/mol. The molecule has 1 atom stereocenters. The Morgan fingerprint density at radius 2 is 1.43 bits per heavy atom. The van der Waals surface area contributed by atoms with Crippen molar-refractivity contribution in [2.45, 2.75) is 77.8 Å². The van der Waals surface area contributed by atoms with Crippen LogP contribution >= 0.6 is 0 Å². The summed E-state index contributed by atoms with van der Waals surface area (Å²) in [7, 11) is 0. The Labute approximate surface area is 142 Å². The highest BCUT2D eigenvalue weighted by molar-refractivity contribution is 5.24. The molecule has 0 radical (unpaired) electrons. The van der Waals surface area contributed by atoms with E-state index in [2.05, 4.69) is 50.4 Å². The van der Waals surface area contributed by atoms with E-state index < -0.39 is 0 Å². The molecule has 0 spiro atoms. The summed E-state index contributed by atoms with van der Waals surface area (Å²) < 4.78 is 0. The normalized spacial score (nSPS) is 36.6. The summed E-state index contributed by atoms with van der Waals surface area (Å²) >= 11 is 0. The molecule has 126 valence electrons. The molecular formula is C22H33N. The zero-order valence-corrected chi connectivity index (χ0v) is 15.1. The summed E-state index contributed by atoms with van der Waals surface area (Å²) in [5.74, 6) is 3.78. The van der Waals surface area contributed by atoms with Gasteiger partial charge in [-0.15, -0.1) is 0 Å². The molecule has 4 bridgehead atoms. The zero-order chi connectivity index (χ0) is 16.0. The lowest BCUT2D eigenvalue weighted by molar-refractivity contribution is -0.0706. The quantitative estimate of drug-likeness (QED) is 0.756. The van der Waals surface area contributed by atoms with Crippen LogP contribution in [0.4, 0.5) is 0 Å². The van der Waals surface area contributed by atoms with E-state index in [1.807, 2.05) is 0 Å². The summed E-state index contributed by atoms with van der Waals surface area (Å²) in [5.41, 5.74) is 3.50. The summed E-state index contributed by atoms with van der Waals surface area (Å²) in [5, 5.41) is 3.90. The van der Waals surface area contributed by atoms with Gasteiger partial charge in [0.15, 0.2) is 0 Å². The molecular weight excluding hydrogens is 278 g/mol. The summed E-state index contributed by atoms with van der Waals surface area (Å²) in [6, 6.07) is 9.90. The fourth-order valence-electron chi connectivity index (χ4n) is 6.22. The van der Waals surface area contributed by atoms with Crippen LogP contribution in [0.1, 0.15) is 76.3 Å². The molecule has 4 saturated carbocycles. The van der Waals surface area contributed by atoms with Crippen molar-refractivity contribution in [2.24, 2.45) is 23.2 Å². The first-order chi connectivity index (χ1) is 11.0. The SMILES string of the molecule is CC(C)c1ccc(CN[C@@H](C)C23CC4CC(CC(C4)C2)C3)cc1. The molecule has 4 fully saturated rings. The molecule has 0 heterocycles. The summed E-state index contributed by atoms with van der Waals surface area (Å²) in [4.78, 5) is 0. The second-order valence-corrected chi connectivity index (χ2v) is 9.28. The van der Waals surface area contributed by atoms with Gasteiger partial charge in [0.2, 0.25) is 0 Å². The van der Waals surface area contributed by atoms with Crippen molar-refractivity contribution >= 4 is 0 Å². The summed E-state index contributed by atoms with van der Waals surface area (Å²) in [6.07, 6.45) is 9.13. The first-order valence-electron chi connectivity index (χ1n) is 9.86. The molecule has 0 amide bonds. The number of benzene rings is 1. The maximum Gasteiger partial charge on any atom is 0.0208 e. The molecule has 5 rings (SSSR count). The average molecular weight is 312 g/mol. The summed E-state index contributed by atoms with van der Waals surface area (Å²) in [6.45, 7) is 8.03. The minimum absolute atomic E-state index is 0.618. The van der Waals surface area contributed by atoms with E-state index in [1.165, 1.54) is 30.4 Å². The van der Waals surface area contributed by atoms with E-state index >= 15 is 0 Å². The third kappa shape index (κ3) is 2.97. The third-order valence-corrected chi connectivity index (χ3v) is 7.26. The highest BCUT2D eigenvalue weighted by Crippen LogP contribution is 2.61. The molecule has 1 aromatic rings. The Hall–Kier alpha value is -0.820. The standard InChI is InChI=1S/C22H33N/c1-15(2)21-6-4-17(5-7-21)14-23-16(3)22-11-18-8-19(12-22)10-20(9-18)13-22/h4-7,15-16,18-20,23H,8-14H2,1-3H3/t16-,18?,19?,20?,22?/m0/s1. The van der Waals surface area contributed by atoms with Gasteiger partial charge in [-0.2, -0.15) is 0 Å². The van der Waals surface area contributed by atoms with Crippen LogP contribution in [0.5, 0.6) is 0 Å². The van der Waals surface area contributed by atoms with Crippen molar-refractivity contribution in [2.75, 3.05) is 0 Å². The highest BCUT2D eigenvalue weighted by Gasteiger charge is 2.52. The second-order valence-electron chi connectivity index (χ2n) is 9.28. The molecule has 1 aromatic carbocycles. The molecule has 23 heavy (non-hydrogen) atoms. The van der Waals surface area contributed by atoms with Crippen molar-refractivity contribution in [3.05, 3.63) is 35.4 Å². The Bertz CT molecular complexity index is 506. The molecule has 1 heteroatoms. The maximum atomic E-state index is 3.90. The van der Waals surface area contributed by atoms with Crippen molar-refractivity contribution in [3.63, 3.8) is 0 Å². The van der Waals surface area contributed by atoms with Gasteiger partial charge in [0, 0.05) is 12.6 Å². The number of hydrogen-bond donors (Lipinski definition) is 1. The molecule has 0 aliphatic heterocycles. The molecule has 4 aliphatic carbocycles. The first kappa shape index (κ1) is 15.7. The van der Waals surface area contributed by atoms with E-state index in [0.29, 0.717) is 17.4 Å². The number of hydrogen-bond acceptors (Lipinski definition) is 1. The van der Waals surface area contributed by atoms with Crippen LogP contribution in [-0.4, -0.2) is 6.04 Å². The lowest BCUT2D eigenvalue weighted by Gasteiger charge is -2.59. The van der Waals surface area contributed by atoms with E-state index in [9.17, 15) is 0 Å². The van der Waals surface area contributed by atoms with Gasteiger partial charge in [-0.05, 0) is 85.7 Å². The molecule has 0 unspecified atom stereocenters. The largest absolute Gasteiger partial charge is 0.310 e. The van der Waals surface area contributed by atoms with Gasteiger partial charge in [-0.25, -0.2) is 0 Å². The van der Waals surface area contributed by atoms with Gasteiger partial charge in [0.1, 0.15) is 0 Å². The first-order valence-corrected chi connectivity index (χ1v) is 9.86. The fourth-order valence-corrected chi connectivity index (χ4v) is 6.22. The van der Waals surface area contributed by atoms with Crippen molar-refractivity contribution in [1.82, 2.24) is 5.32 Å². The van der Waals surface area contributed by atoms with E-state index in [0.717, 1.165) is 24.3 Å². The number of nitrogens with one attached hydrogen (secondary N) is 1. The van der Waals surface area contributed by atoms with Crippen LogP contribution in [0.25, 0.3) is 0 Å². The Morgan fingerprint density at radius 3 is 1.91 bits per heavy atom. The van der Waals surface area contributed by atoms with Gasteiger partial charge < -0.3 is 5.32 Å². The highest BCUT2D eigenvalue weighted by atomic mass is 14.9. The van der Waals surface area contributed by atoms with Crippen molar-refractivity contribution in [3.8, 4) is 0 Å². The van der Waals surface area contributed by atoms with Crippen LogP contribution in [0.2, 0.25) is 0 Å². The van der Waals surface area contributed by atoms with E-state index in [4.69, 9.17) is 0 Å². The molecule has 0 saturated heterocycles. The Kier molecular flexibility index (Phi) is 4.04. The van der Waals surface area contributed by atoms with Gasteiger partial charge in [0.25, 0.3) is 0 Å². The average Bonchev–Trinajstić information content (AvgIpc) is 2.51. The van der Waals surface area contributed by atoms with Gasteiger partial charge in [-0.3, -0.25) is 0 Å². The second kappa shape index (κ2) is 5.92. The van der Waals surface area contributed by atoms with Crippen LogP contribution in [0.15, 0.2) is 24.3 Å². The van der Waals surface area contributed by atoms with E-state index in [-0.39, 0.29) is 0 Å². The van der Waals surface area contributed by atoms with Crippen LogP contribution < -0.4 is 5.32 Å². The van der Waals surface area contributed by atoms with Crippen molar-refractivity contribution < 1.29 is 0 Å². The smallest absolute Gasteiger partial charge is 0.0208 e. The van der Waals surface area contributed by atoms with Gasteiger partial charge in [-0.1, -0.05) is 38.1 Å². The third-order valence-electron chi connectivity index (χ3n) is 7.26. The van der Waals surface area contributed by atoms with Crippen LogP contribution in [0, 0.1) is 23.2 Å². The van der Waals surface area contributed by atoms with Gasteiger partial charge >= 0.3 is 0 Å². The topological polar surface area (TPSA) is 12.0 Å².